The van der Waals surface area contributed by atoms with Crippen molar-refractivity contribution in [1.82, 2.24) is 10.6 Å². The second kappa shape index (κ2) is 33.4. The fourth-order valence-corrected chi connectivity index (χ4v) is 2.22. The highest BCUT2D eigenvalue weighted by Crippen LogP contribution is 2.24. The number of benzene rings is 2. The van der Waals surface area contributed by atoms with Gasteiger partial charge >= 0.3 is 0 Å². The van der Waals surface area contributed by atoms with Crippen molar-refractivity contribution in [1.29, 1.82) is 0 Å². The molecule has 0 aliphatic heterocycles. The summed E-state index contributed by atoms with van der Waals surface area (Å²) >= 11 is 0. The molecular formula is C27H52N4O. The number of hydrogen-bond acceptors (Lipinski definition) is 4. The second-order valence-corrected chi connectivity index (χ2v) is 4.93. The van der Waals surface area contributed by atoms with Crippen LogP contribution in [0.5, 0.6) is 0 Å². The summed E-state index contributed by atoms with van der Waals surface area (Å²) < 4.78 is 0. The zero-order chi connectivity index (χ0) is 25.6. The lowest BCUT2D eigenvalue weighted by Gasteiger charge is -2.23. The Kier molecular flexibility index (Phi) is 38.8. The van der Waals surface area contributed by atoms with Crippen LogP contribution in [0.15, 0.2) is 60.7 Å². The highest BCUT2D eigenvalue weighted by molar-refractivity contribution is 6.01. The minimum atomic E-state index is 0.0360. The molecule has 0 fully saturated rings. The van der Waals surface area contributed by atoms with E-state index >= 15 is 0 Å². The van der Waals surface area contributed by atoms with Gasteiger partial charge in [0.2, 0.25) is 5.91 Å². The standard InChI is InChI=1S/C18H23N3O.4C2H6.CH5N/c1-2-19-13-14-20-15-18(22)21(16-9-5-3-6-10-16)17-11-7-4-8-12-17;5*1-2/h3-12,19-20H,2,13-15H2,1H3;4*1-2H3;2H2,1H3. The van der Waals surface area contributed by atoms with E-state index in [9.17, 15) is 4.79 Å². The number of amides is 1. The van der Waals surface area contributed by atoms with Crippen LogP contribution in [0.1, 0.15) is 62.3 Å². The van der Waals surface area contributed by atoms with Gasteiger partial charge in [-0.1, -0.05) is 98.7 Å². The van der Waals surface area contributed by atoms with Gasteiger partial charge in [-0.15, -0.1) is 0 Å². The third-order valence-electron chi connectivity index (χ3n) is 3.28. The van der Waals surface area contributed by atoms with Gasteiger partial charge in [0.05, 0.1) is 6.54 Å². The van der Waals surface area contributed by atoms with Gasteiger partial charge in [0.1, 0.15) is 0 Å². The van der Waals surface area contributed by atoms with E-state index in [1.165, 1.54) is 7.05 Å². The van der Waals surface area contributed by atoms with Crippen LogP contribution in [0.3, 0.4) is 0 Å². The monoisotopic (exact) mass is 448 g/mol. The van der Waals surface area contributed by atoms with Crippen molar-refractivity contribution in [3.05, 3.63) is 60.7 Å². The topological polar surface area (TPSA) is 70.4 Å². The van der Waals surface area contributed by atoms with Crippen LogP contribution < -0.4 is 21.3 Å². The van der Waals surface area contributed by atoms with Crippen molar-refractivity contribution in [3.8, 4) is 0 Å². The molecule has 0 bridgehead atoms. The average Bonchev–Trinajstić information content (AvgIpc) is 2.91. The zero-order valence-electron chi connectivity index (χ0n) is 22.5. The van der Waals surface area contributed by atoms with E-state index < -0.39 is 0 Å². The van der Waals surface area contributed by atoms with Crippen LogP contribution >= 0.6 is 0 Å². The van der Waals surface area contributed by atoms with Gasteiger partial charge in [0.15, 0.2) is 0 Å². The number of carbonyl (C=O) groups excluding carboxylic acids is 1. The number of anilines is 2. The fraction of sp³-hybridized carbons (Fsp3) is 0.519. The Morgan fingerprint density at radius 3 is 1.38 bits per heavy atom. The summed E-state index contributed by atoms with van der Waals surface area (Å²) in [5.74, 6) is 0.0360. The van der Waals surface area contributed by atoms with Crippen molar-refractivity contribution >= 4 is 17.3 Å². The van der Waals surface area contributed by atoms with Crippen LogP contribution in [-0.2, 0) is 4.79 Å². The molecule has 186 valence electrons. The number of nitrogens with two attached hydrogens (primary N) is 1. The van der Waals surface area contributed by atoms with Crippen molar-refractivity contribution in [3.63, 3.8) is 0 Å². The molecule has 0 radical (unpaired) electrons. The van der Waals surface area contributed by atoms with Crippen molar-refractivity contribution in [2.75, 3.05) is 38.1 Å². The van der Waals surface area contributed by atoms with Crippen molar-refractivity contribution in [2.45, 2.75) is 62.3 Å². The summed E-state index contributed by atoms with van der Waals surface area (Å²) in [7, 11) is 1.50. The van der Waals surface area contributed by atoms with Crippen LogP contribution in [0.4, 0.5) is 11.4 Å². The van der Waals surface area contributed by atoms with Gasteiger partial charge in [-0.25, -0.2) is 0 Å². The van der Waals surface area contributed by atoms with Gasteiger partial charge in [-0.2, -0.15) is 0 Å². The number of likely N-dealkylation sites (N-methyl/N-ethyl adjacent to an activating group) is 1. The zero-order valence-corrected chi connectivity index (χ0v) is 22.5. The highest BCUT2D eigenvalue weighted by Gasteiger charge is 2.16. The maximum atomic E-state index is 12.6. The summed E-state index contributed by atoms with van der Waals surface area (Å²) in [6.07, 6.45) is 0. The molecule has 0 spiro atoms. The Labute approximate surface area is 199 Å². The predicted molar refractivity (Wildman–Crippen MR) is 147 cm³/mol. The molecule has 2 aromatic carbocycles. The molecule has 5 nitrogen and oxygen atoms in total. The average molecular weight is 449 g/mol. The number of nitrogens with zero attached hydrogens (tertiary/aromatic N) is 1. The van der Waals surface area contributed by atoms with Crippen LogP contribution in [-0.4, -0.2) is 39.1 Å². The molecule has 2 rings (SSSR count). The first-order valence-electron chi connectivity index (χ1n) is 12.2. The first-order valence-corrected chi connectivity index (χ1v) is 12.2. The molecule has 0 saturated carbocycles. The van der Waals surface area contributed by atoms with E-state index in [2.05, 4.69) is 23.3 Å². The van der Waals surface area contributed by atoms with E-state index in [1.54, 1.807) is 4.90 Å². The van der Waals surface area contributed by atoms with E-state index in [1.807, 2.05) is 116 Å². The van der Waals surface area contributed by atoms with Gasteiger partial charge in [-0.05, 0) is 37.9 Å². The predicted octanol–water partition coefficient (Wildman–Crippen LogP) is 6.23. The lowest BCUT2D eigenvalue weighted by Crippen LogP contribution is -2.37. The highest BCUT2D eigenvalue weighted by atomic mass is 16.2. The van der Waals surface area contributed by atoms with Gasteiger partial charge in [-0.3, -0.25) is 9.69 Å². The molecule has 0 aliphatic rings. The summed E-state index contributed by atoms with van der Waals surface area (Å²) in [6, 6.07) is 19.5. The lowest BCUT2D eigenvalue weighted by atomic mass is 10.2. The normalized spacial score (nSPS) is 8.09. The third-order valence-corrected chi connectivity index (χ3v) is 3.28. The molecule has 0 heterocycles. The molecule has 5 heteroatoms. The van der Waals surface area contributed by atoms with Crippen LogP contribution in [0.25, 0.3) is 0 Å². The first kappa shape index (κ1) is 37.1. The molecule has 32 heavy (non-hydrogen) atoms. The maximum absolute atomic E-state index is 12.6. The number of nitrogens with one attached hydrogen (secondary N) is 2. The van der Waals surface area contributed by atoms with E-state index in [0.717, 1.165) is 31.0 Å². The molecule has 1 amide bonds. The Bertz CT molecular complexity index is 523. The smallest absolute Gasteiger partial charge is 0.245 e. The minimum Gasteiger partial charge on any atom is -0.333 e. The largest absolute Gasteiger partial charge is 0.333 e. The summed E-state index contributed by atoms with van der Waals surface area (Å²) in [4.78, 5) is 14.4. The molecule has 0 aliphatic carbocycles. The Hall–Kier alpha value is -2.21. The summed E-state index contributed by atoms with van der Waals surface area (Å²) in [5, 5.41) is 6.41. The Morgan fingerprint density at radius 2 is 1.03 bits per heavy atom. The number of rotatable bonds is 8. The molecule has 0 unspecified atom stereocenters. The summed E-state index contributed by atoms with van der Waals surface area (Å²) in [5.41, 5.74) is 6.26. The van der Waals surface area contributed by atoms with Gasteiger partial charge in [0, 0.05) is 24.5 Å². The van der Waals surface area contributed by atoms with Crippen LogP contribution in [0.2, 0.25) is 0 Å². The van der Waals surface area contributed by atoms with Crippen molar-refractivity contribution < 1.29 is 4.79 Å². The molecule has 0 saturated heterocycles. The third kappa shape index (κ3) is 18.6. The number of para-hydroxylation sites is 2. The minimum absolute atomic E-state index is 0.0360. The molecular weight excluding hydrogens is 396 g/mol. The first-order chi connectivity index (χ1) is 15.8. The quantitative estimate of drug-likeness (QED) is 0.419. The number of hydrogen-bond donors (Lipinski definition) is 3. The van der Waals surface area contributed by atoms with Crippen molar-refractivity contribution in [2.24, 2.45) is 5.73 Å². The SMILES string of the molecule is CC.CC.CC.CC.CCNCCNCC(=O)N(c1ccccc1)c1ccccc1.CN. The molecule has 2 aromatic rings. The maximum Gasteiger partial charge on any atom is 0.245 e. The van der Waals surface area contributed by atoms with Crippen LogP contribution in [0, 0.1) is 0 Å². The van der Waals surface area contributed by atoms with E-state index in [4.69, 9.17) is 0 Å². The summed E-state index contributed by atoms with van der Waals surface area (Å²) in [6.45, 7) is 21.0. The second-order valence-electron chi connectivity index (χ2n) is 4.93. The Balaban J connectivity index is -0.000000345. The van der Waals surface area contributed by atoms with E-state index in [0.29, 0.717) is 6.54 Å². The number of carbonyl (C=O) groups is 1. The lowest BCUT2D eigenvalue weighted by molar-refractivity contribution is -0.117. The van der Waals surface area contributed by atoms with E-state index in [-0.39, 0.29) is 5.91 Å². The fourth-order valence-electron chi connectivity index (χ4n) is 2.22. The molecule has 0 atom stereocenters. The molecule has 0 aromatic heterocycles. The van der Waals surface area contributed by atoms with Gasteiger partial charge < -0.3 is 16.4 Å². The van der Waals surface area contributed by atoms with Gasteiger partial charge in [0.25, 0.3) is 0 Å². The molecule has 4 N–H and O–H groups in total. The Morgan fingerprint density at radius 1 is 0.688 bits per heavy atom.